The van der Waals surface area contributed by atoms with Crippen LogP contribution >= 0.6 is 27.5 Å². The lowest BCUT2D eigenvalue weighted by Gasteiger charge is -2.30. The summed E-state index contributed by atoms with van der Waals surface area (Å²) in [5, 5.41) is 0.750. The molecule has 0 amide bonds. The Hall–Kier alpha value is -2.35. The van der Waals surface area contributed by atoms with Gasteiger partial charge in [0.1, 0.15) is 0 Å². The van der Waals surface area contributed by atoms with Gasteiger partial charge < -0.3 is 0 Å². The molecule has 0 atom stereocenters. The molecule has 0 bridgehead atoms. The summed E-state index contributed by atoms with van der Waals surface area (Å²) in [5.74, 6) is 0. The van der Waals surface area contributed by atoms with Crippen LogP contribution in [0.25, 0.3) is 22.3 Å². The van der Waals surface area contributed by atoms with Gasteiger partial charge in [0, 0.05) is 4.47 Å². The summed E-state index contributed by atoms with van der Waals surface area (Å²) in [6.07, 6.45) is 0. The summed E-state index contributed by atoms with van der Waals surface area (Å²) in [4.78, 5) is 0. The largest absolute Gasteiger partial charge is 0.0831 e. The SMILES string of the molecule is Clc1cc2c(cc1Br)C1(c3ccccc3-c3ccccc31)c1ccccc1-2. The zero-order valence-electron chi connectivity index (χ0n) is 14.3. The van der Waals surface area contributed by atoms with E-state index in [4.69, 9.17) is 11.6 Å². The van der Waals surface area contributed by atoms with Crippen molar-refractivity contribution in [3.8, 4) is 22.3 Å². The molecule has 2 aliphatic rings. The Morgan fingerprint density at radius 1 is 0.556 bits per heavy atom. The minimum Gasteiger partial charge on any atom is -0.0831 e. The second-order valence-electron chi connectivity index (χ2n) is 7.20. The van der Waals surface area contributed by atoms with Crippen molar-refractivity contribution in [2.24, 2.45) is 0 Å². The van der Waals surface area contributed by atoms with E-state index in [1.807, 2.05) is 0 Å². The molecule has 0 saturated carbocycles. The maximum Gasteiger partial charge on any atom is 0.0725 e. The van der Waals surface area contributed by atoms with E-state index >= 15 is 0 Å². The van der Waals surface area contributed by atoms with Crippen molar-refractivity contribution in [1.82, 2.24) is 0 Å². The van der Waals surface area contributed by atoms with Gasteiger partial charge in [-0.3, -0.25) is 0 Å². The first-order valence-electron chi connectivity index (χ1n) is 9.01. The monoisotopic (exact) mass is 428 g/mol. The molecule has 2 aliphatic carbocycles. The van der Waals surface area contributed by atoms with Crippen molar-refractivity contribution in [3.05, 3.63) is 117 Å². The van der Waals surface area contributed by atoms with Crippen LogP contribution in [0.4, 0.5) is 0 Å². The summed E-state index contributed by atoms with van der Waals surface area (Å²) >= 11 is 10.2. The van der Waals surface area contributed by atoms with E-state index < -0.39 is 0 Å². The molecule has 1 spiro atoms. The molecule has 4 aromatic rings. The molecule has 0 aliphatic heterocycles. The molecule has 6 rings (SSSR count). The summed E-state index contributed by atoms with van der Waals surface area (Å²) in [6, 6.07) is 30.7. The minimum atomic E-state index is -0.285. The van der Waals surface area contributed by atoms with Gasteiger partial charge in [0.15, 0.2) is 0 Å². The second-order valence-corrected chi connectivity index (χ2v) is 8.46. The van der Waals surface area contributed by atoms with Crippen LogP contribution < -0.4 is 0 Å². The molecule has 0 N–H and O–H groups in total. The van der Waals surface area contributed by atoms with Crippen LogP contribution in [0.2, 0.25) is 5.02 Å². The van der Waals surface area contributed by atoms with Crippen molar-refractivity contribution in [3.63, 3.8) is 0 Å². The molecule has 0 saturated heterocycles. The van der Waals surface area contributed by atoms with E-state index in [-0.39, 0.29) is 5.41 Å². The third-order valence-corrected chi connectivity index (χ3v) is 7.24. The van der Waals surface area contributed by atoms with Crippen LogP contribution in [0, 0.1) is 0 Å². The quantitative estimate of drug-likeness (QED) is 0.235. The van der Waals surface area contributed by atoms with Crippen LogP contribution in [0.3, 0.4) is 0 Å². The predicted octanol–water partition coefficient (Wildman–Crippen LogP) is 7.45. The van der Waals surface area contributed by atoms with E-state index in [0.29, 0.717) is 0 Å². The average molecular weight is 430 g/mol. The molecule has 0 aromatic heterocycles. The van der Waals surface area contributed by atoms with E-state index in [1.54, 1.807) is 0 Å². The molecule has 2 heteroatoms. The third-order valence-electron chi connectivity index (χ3n) is 6.04. The number of benzene rings is 4. The molecule has 0 unspecified atom stereocenters. The summed E-state index contributed by atoms with van der Waals surface area (Å²) in [7, 11) is 0. The minimum absolute atomic E-state index is 0.285. The zero-order valence-corrected chi connectivity index (χ0v) is 16.7. The van der Waals surface area contributed by atoms with Crippen molar-refractivity contribution >= 4 is 27.5 Å². The first-order valence-corrected chi connectivity index (χ1v) is 10.2. The second kappa shape index (κ2) is 5.34. The van der Waals surface area contributed by atoms with Gasteiger partial charge in [-0.2, -0.15) is 0 Å². The maximum atomic E-state index is 6.51. The Labute approximate surface area is 171 Å². The number of rotatable bonds is 0. The van der Waals surface area contributed by atoms with Gasteiger partial charge in [-0.25, -0.2) is 0 Å². The van der Waals surface area contributed by atoms with E-state index in [2.05, 4.69) is 101 Å². The number of hydrogen-bond donors (Lipinski definition) is 0. The van der Waals surface area contributed by atoms with Crippen molar-refractivity contribution in [2.45, 2.75) is 5.41 Å². The highest BCUT2D eigenvalue weighted by Gasteiger charge is 2.51. The Bertz CT molecular complexity index is 1210. The molecule has 0 heterocycles. The molecule has 128 valence electrons. The topological polar surface area (TPSA) is 0 Å². The fourth-order valence-corrected chi connectivity index (χ4v) is 5.59. The van der Waals surface area contributed by atoms with E-state index in [1.165, 1.54) is 44.5 Å². The molecule has 0 radical (unpaired) electrons. The number of fused-ring (bicyclic) bond motifs is 10. The van der Waals surface area contributed by atoms with Crippen molar-refractivity contribution in [1.29, 1.82) is 0 Å². The highest BCUT2D eigenvalue weighted by atomic mass is 79.9. The predicted molar refractivity (Wildman–Crippen MR) is 115 cm³/mol. The zero-order chi connectivity index (χ0) is 18.2. The lowest BCUT2D eigenvalue weighted by molar-refractivity contribution is 0.793. The fraction of sp³-hybridized carbons (Fsp3) is 0.0400. The van der Waals surface area contributed by atoms with Gasteiger partial charge in [-0.05, 0) is 72.6 Å². The van der Waals surface area contributed by atoms with Crippen LogP contribution in [0.15, 0.2) is 89.4 Å². The van der Waals surface area contributed by atoms with E-state index in [0.717, 1.165) is 9.50 Å². The molecule has 27 heavy (non-hydrogen) atoms. The lowest BCUT2D eigenvalue weighted by Crippen LogP contribution is -2.25. The molecule has 0 fully saturated rings. The Morgan fingerprint density at radius 3 is 1.52 bits per heavy atom. The Morgan fingerprint density at radius 2 is 1.00 bits per heavy atom. The maximum absolute atomic E-state index is 6.51. The van der Waals surface area contributed by atoms with Crippen molar-refractivity contribution < 1.29 is 0 Å². The Balaban J connectivity index is 1.88. The standard InChI is InChI=1S/C25H14BrCl/c26-23-14-22-18(13-24(23)27)17-9-3-6-12-21(17)25(22)19-10-4-1-7-15(19)16-8-2-5-11-20(16)25/h1-14H. The van der Waals surface area contributed by atoms with Gasteiger partial charge >= 0.3 is 0 Å². The van der Waals surface area contributed by atoms with Gasteiger partial charge in [-0.1, -0.05) is 84.4 Å². The van der Waals surface area contributed by atoms with Crippen LogP contribution in [-0.4, -0.2) is 0 Å². The number of hydrogen-bond acceptors (Lipinski definition) is 0. The first kappa shape index (κ1) is 15.7. The van der Waals surface area contributed by atoms with Crippen LogP contribution in [-0.2, 0) is 5.41 Å². The van der Waals surface area contributed by atoms with Gasteiger partial charge in [0.2, 0.25) is 0 Å². The highest BCUT2D eigenvalue weighted by Crippen LogP contribution is 2.63. The van der Waals surface area contributed by atoms with Crippen LogP contribution in [0.1, 0.15) is 22.3 Å². The summed E-state index contributed by atoms with van der Waals surface area (Å²) in [5.41, 5.74) is 10.2. The smallest absolute Gasteiger partial charge is 0.0725 e. The van der Waals surface area contributed by atoms with Gasteiger partial charge in [-0.15, -0.1) is 0 Å². The van der Waals surface area contributed by atoms with Crippen LogP contribution in [0.5, 0.6) is 0 Å². The lowest BCUT2D eigenvalue weighted by atomic mass is 9.70. The third kappa shape index (κ3) is 1.79. The van der Waals surface area contributed by atoms with Crippen molar-refractivity contribution in [2.75, 3.05) is 0 Å². The van der Waals surface area contributed by atoms with Gasteiger partial charge in [0.05, 0.1) is 10.4 Å². The Kier molecular flexibility index (Phi) is 3.10. The molecule has 0 nitrogen and oxygen atoms in total. The van der Waals surface area contributed by atoms with Gasteiger partial charge in [0.25, 0.3) is 0 Å². The molecular formula is C25H14BrCl. The summed E-state index contributed by atoms with van der Waals surface area (Å²) < 4.78 is 0.942. The normalized spacial score (nSPS) is 14.6. The number of halogens is 2. The fourth-order valence-electron chi connectivity index (χ4n) is 5.09. The van der Waals surface area contributed by atoms with E-state index in [9.17, 15) is 0 Å². The molecular weight excluding hydrogens is 416 g/mol. The summed E-state index contributed by atoms with van der Waals surface area (Å²) in [6.45, 7) is 0. The average Bonchev–Trinajstić information content (AvgIpc) is 3.16. The first-order chi connectivity index (χ1) is 13.2. The molecule has 4 aromatic carbocycles. The highest BCUT2D eigenvalue weighted by molar-refractivity contribution is 9.10.